The van der Waals surface area contributed by atoms with Crippen molar-refractivity contribution in [1.82, 2.24) is 19.7 Å². The van der Waals surface area contributed by atoms with Crippen LogP contribution in [0.1, 0.15) is 23.9 Å². The average molecular weight is 322 g/mol. The molecule has 5 nitrogen and oxygen atoms in total. The number of aryl methyl sites for hydroxylation is 2. The van der Waals surface area contributed by atoms with E-state index in [0.717, 1.165) is 34.7 Å². The minimum Gasteiger partial charge on any atom is -0.354 e. The maximum Gasteiger partial charge on any atom is 0.226 e. The molecule has 21 heavy (non-hydrogen) atoms. The molecule has 0 unspecified atom stereocenters. The summed E-state index contributed by atoms with van der Waals surface area (Å²) in [5, 5.41) is 9.30. The van der Waals surface area contributed by atoms with E-state index in [1.54, 1.807) is 22.2 Å². The molecule has 3 heterocycles. The summed E-state index contributed by atoms with van der Waals surface area (Å²) in [5.74, 6) is 1.39. The predicted octanol–water partition coefficient (Wildman–Crippen LogP) is 3.97. The van der Waals surface area contributed by atoms with Crippen molar-refractivity contribution in [3.05, 3.63) is 27.9 Å². The largest absolute Gasteiger partial charge is 0.354 e. The van der Waals surface area contributed by atoms with Gasteiger partial charge in [0.05, 0.1) is 22.3 Å². The van der Waals surface area contributed by atoms with E-state index in [1.807, 2.05) is 6.92 Å². The number of thiophene rings is 1. The molecular formula is C14H16ClN5S. The smallest absolute Gasteiger partial charge is 0.226 e. The van der Waals surface area contributed by atoms with Crippen LogP contribution in [0.15, 0.2) is 12.3 Å². The van der Waals surface area contributed by atoms with Crippen LogP contribution in [-0.2, 0) is 0 Å². The minimum absolute atomic E-state index is 0.630. The monoisotopic (exact) mass is 321 g/mol. The van der Waals surface area contributed by atoms with Crippen LogP contribution in [0.4, 0.5) is 5.95 Å². The molecule has 0 aliphatic rings. The highest BCUT2D eigenvalue weighted by Gasteiger charge is 2.14. The van der Waals surface area contributed by atoms with Gasteiger partial charge in [0.15, 0.2) is 5.82 Å². The van der Waals surface area contributed by atoms with Gasteiger partial charge >= 0.3 is 0 Å². The summed E-state index contributed by atoms with van der Waals surface area (Å²) in [6.07, 6.45) is 2.81. The number of hydrogen-bond acceptors (Lipinski definition) is 5. The highest BCUT2D eigenvalue weighted by molar-refractivity contribution is 7.18. The molecule has 0 saturated carbocycles. The SMILES string of the molecule is CCCNc1nc(-n2cc(Cl)c(C)n2)c2cc(C)sc2n1. The van der Waals surface area contributed by atoms with E-state index in [0.29, 0.717) is 11.0 Å². The van der Waals surface area contributed by atoms with Crippen LogP contribution in [0.2, 0.25) is 5.02 Å². The number of halogens is 1. The molecule has 0 radical (unpaired) electrons. The molecule has 0 amide bonds. The lowest BCUT2D eigenvalue weighted by atomic mass is 10.3. The zero-order valence-electron chi connectivity index (χ0n) is 12.1. The van der Waals surface area contributed by atoms with Crippen molar-refractivity contribution in [1.29, 1.82) is 0 Å². The summed E-state index contributed by atoms with van der Waals surface area (Å²) in [6.45, 7) is 6.90. The van der Waals surface area contributed by atoms with Gasteiger partial charge in [0.25, 0.3) is 0 Å². The topological polar surface area (TPSA) is 55.6 Å². The van der Waals surface area contributed by atoms with Crippen LogP contribution in [0.3, 0.4) is 0 Å². The number of nitrogens with one attached hydrogen (secondary N) is 1. The summed E-state index contributed by atoms with van der Waals surface area (Å²) in [7, 11) is 0. The molecule has 0 aliphatic heterocycles. The van der Waals surface area contributed by atoms with E-state index >= 15 is 0 Å². The molecule has 0 bridgehead atoms. The Balaban J connectivity index is 2.18. The van der Waals surface area contributed by atoms with Crippen molar-refractivity contribution in [3.63, 3.8) is 0 Å². The number of nitrogens with zero attached hydrogens (tertiary/aromatic N) is 4. The highest BCUT2D eigenvalue weighted by Crippen LogP contribution is 2.29. The van der Waals surface area contributed by atoms with E-state index in [-0.39, 0.29) is 0 Å². The molecule has 0 atom stereocenters. The lowest BCUT2D eigenvalue weighted by Gasteiger charge is -2.07. The third kappa shape index (κ3) is 2.73. The molecule has 1 N–H and O–H groups in total. The molecule has 0 aliphatic carbocycles. The lowest BCUT2D eigenvalue weighted by molar-refractivity contribution is 0.835. The van der Waals surface area contributed by atoms with Gasteiger partial charge < -0.3 is 5.32 Å². The van der Waals surface area contributed by atoms with Crippen LogP contribution < -0.4 is 5.32 Å². The molecule has 3 rings (SSSR count). The van der Waals surface area contributed by atoms with Crippen molar-refractivity contribution in [2.45, 2.75) is 27.2 Å². The first-order valence-corrected chi connectivity index (χ1v) is 8.02. The maximum atomic E-state index is 6.12. The minimum atomic E-state index is 0.630. The van der Waals surface area contributed by atoms with Gasteiger partial charge in [0.2, 0.25) is 5.95 Å². The van der Waals surface area contributed by atoms with Crippen molar-refractivity contribution >= 4 is 39.1 Å². The van der Waals surface area contributed by atoms with Crippen LogP contribution in [0, 0.1) is 13.8 Å². The average Bonchev–Trinajstić information content (AvgIpc) is 2.98. The van der Waals surface area contributed by atoms with Gasteiger partial charge in [-0.15, -0.1) is 11.3 Å². The normalized spacial score (nSPS) is 11.2. The standard InChI is InChI=1S/C14H16ClN5S/c1-4-5-16-14-17-12(20-7-11(15)9(3)19-20)10-6-8(2)21-13(10)18-14/h6-7H,4-5H2,1-3H3,(H,16,17,18). The van der Waals surface area contributed by atoms with E-state index in [4.69, 9.17) is 11.6 Å². The molecule has 0 spiro atoms. The second kappa shape index (κ2) is 5.61. The molecular weight excluding hydrogens is 306 g/mol. The van der Waals surface area contributed by atoms with Gasteiger partial charge in [0, 0.05) is 11.4 Å². The summed E-state index contributed by atoms with van der Waals surface area (Å²) in [4.78, 5) is 11.3. The van der Waals surface area contributed by atoms with E-state index < -0.39 is 0 Å². The first kappa shape index (κ1) is 14.3. The van der Waals surface area contributed by atoms with Crippen molar-refractivity contribution in [2.24, 2.45) is 0 Å². The summed E-state index contributed by atoms with van der Waals surface area (Å²) < 4.78 is 1.73. The molecule has 3 aromatic rings. The number of anilines is 1. The number of aromatic nitrogens is 4. The van der Waals surface area contributed by atoms with Gasteiger partial charge in [-0.05, 0) is 26.3 Å². The van der Waals surface area contributed by atoms with E-state index in [9.17, 15) is 0 Å². The molecule has 0 saturated heterocycles. The fraction of sp³-hybridized carbons (Fsp3) is 0.357. The molecule has 0 fully saturated rings. The van der Waals surface area contributed by atoms with Crippen LogP contribution in [0.5, 0.6) is 0 Å². The summed E-state index contributed by atoms with van der Waals surface area (Å²) >= 11 is 7.77. The van der Waals surface area contributed by atoms with E-state index in [1.165, 1.54) is 4.88 Å². The van der Waals surface area contributed by atoms with Crippen LogP contribution in [0.25, 0.3) is 16.0 Å². The Morgan fingerprint density at radius 3 is 2.81 bits per heavy atom. The Labute approximate surface area is 132 Å². The second-order valence-corrected chi connectivity index (χ2v) is 6.52. The van der Waals surface area contributed by atoms with Gasteiger partial charge in [-0.2, -0.15) is 10.1 Å². The highest BCUT2D eigenvalue weighted by atomic mass is 35.5. The lowest BCUT2D eigenvalue weighted by Crippen LogP contribution is -2.07. The summed E-state index contributed by atoms with van der Waals surface area (Å²) in [6, 6.07) is 2.09. The van der Waals surface area contributed by atoms with E-state index in [2.05, 4.69) is 40.3 Å². The Morgan fingerprint density at radius 1 is 1.33 bits per heavy atom. The Kier molecular flexibility index (Phi) is 3.82. The molecule has 0 aromatic carbocycles. The second-order valence-electron chi connectivity index (χ2n) is 4.88. The van der Waals surface area contributed by atoms with Crippen molar-refractivity contribution in [2.75, 3.05) is 11.9 Å². The first-order valence-electron chi connectivity index (χ1n) is 6.82. The fourth-order valence-corrected chi connectivity index (χ4v) is 3.07. The molecule has 7 heteroatoms. The Bertz CT molecular complexity index is 773. The maximum absolute atomic E-state index is 6.12. The fourth-order valence-electron chi connectivity index (χ4n) is 2.06. The van der Waals surface area contributed by atoms with Gasteiger partial charge in [-0.3, -0.25) is 0 Å². The third-order valence-corrected chi connectivity index (χ3v) is 4.40. The first-order chi connectivity index (χ1) is 10.1. The zero-order valence-corrected chi connectivity index (χ0v) is 13.7. The number of hydrogen-bond donors (Lipinski definition) is 1. The Hall–Kier alpha value is -1.66. The number of fused-ring (bicyclic) bond motifs is 1. The zero-order chi connectivity index (χ0) is 15.0. The summed E-state index contributed by atoms with van der Waals surface area (Å²) in [5.41, 5.74) is 0.790. The van der Waals surface area contributed by atoms with Gasteiger partial charge in [-0.25, -0.2) is 9.67 Å². The van der Waals surface area contributed by atoms with Crippen LogP contribution in [-0.4, -0.2) is 26.3 Å². The molecule has 3 aromatic heterocycles. The van der Waals surface area contributed by atoms with Gasteiger partial charge in [0.1, 0.15) is 4.83 Å². The quantitative estimate of drug-likeness (QED) is 0.790. The van der Waals surface area contributed by atoms with Crippen molar-refractivity contribution < 1.29 is 0 Å². The molecule has 110 valence electrons. The van der Waals surface area contributed by atoms with Crippen molar-refractivity contribution in [3.8, 4) is 5.82 Å². The van der Waals surface area contributed by atoms with Gasteiger partial charge in [-0.1, -0.05) is 18.5 Å². The third-order valence-electron chi connectivity index (χ3n) is 3.08. The predicted molar refractivity (Wildman–Crippen MR) is 87.8 cm³/mol. The number of rotatable bonds is 4. The Morgan fingerprint density at radius 2 is 2.14 bits per heavy atom. The van der Waals surface area contributed by atoms with Crippen LogP contribution >= 0.6 is 22.9 Å².